The average Bonchev–Trinajstić information content (AvgIpc) is 2.69. The fraction of sp³-hybridized carbons (Fsp3) is 0.350. The third-order valence-electron chi connectivity index (χ3n) is 4.58. The summed E-state index contributed by atoms with van der Waals surface area (Å²) in [6.07, 6.45) is 0.277. The number of amides is 1. The molecular formula is C20H24N2O4S. The van der Waals surface area contributed by atoms with Gasteiger partial charge in [-0.05, 0) is 31.2 Å². The predicted octanol–water partition coefficient (Wildman–Crippen LogP) is 2.30. The first-order valence-electron chi connectivity index (χ1n) is 8.99. The molecule has 144 valence electrons. The molecule has 0 radical (unpaired) electrons. The molecule has 7 heteroatoms. The second-order valence-corrected chi connectivity index (χ2v) is 8.45. The van der Waals surface area contributed by atoms with E-state index in [0.29, 0.717) is 37.7 Å². The predicted molar refractivity (Wildman–Crippen MR) is 103 cm³/mol. The van der Waals surface area contributed by atoms with Crippen LogP contribution in [0.5, 0.6) is 5.75 Å². The molecule has 1 fully saturated rings. The van der Waals surface area contributed by atoms with E-state index < -0.39 is 10.0 Å². The first-order chi connectivity index (χ1) is 13.0. The van der Waals surface area contributed by atoms with Crippen LogP contribution >= 0.6 is 0 Å². The van der Waals surface area contributed by atoms with Crippen LogP contribution < -0.4 is 4.74 Å². The quantitative estimate of drug-likeness (QED) is 0.762. The van der Waals surface area contributed by atoms with Crippen LogP contribution in [0.25, 0.3) is 0 Å². The van der Waals surface area contributed by atoms with Gasteiger partial charge in [-0.1, -0.05) is 35.9 Å². The van der Waals surface area contributed by atoms with E-state index >= 15 is 0 Å². The summed E-state index contributed by atoms with van der Waals surface area (Å²) in [6.45, 7) is 3.64. The fourth-order valence-electron chi connectivity index (χ4n) is 2.97. The summed E-state index contributed by atoms with van der Waals surface area (Å²) in [5.41, 5.74) is 1.02. The van der Waals surface area contributed by atoms with E-state index in [4.69, 9.17) is 4.74 Å². The molecule has 0 aromatic heterocycles. The Morgan fingerprint density at radius 2 is 1.59 bits per heavy atom. The molecule has 0 aliphatic carbocycles. The van der Waals surface area contributed by atoms with Crippen molar-refractivity contribution in [3.63, 3.8) is 0 Å². The topological polar surface area (TPSA) is 66.9 Å². The number of hydrogen-bond acceptors (Lipinski definition) is 4. The molecule has 0 unspecified atom stereocenters. The molecule has 1 heterocycles. The molecule has 2 aromatic carbocycles. The first kappa shape index (κ1) is 19.4. The third-order valence-corrected chi connectivity index (χ3v) is 6.49. The number of ether oxygens (including phenoxy) is 1. The number of hydrogen-bond donors (Lipinski definition) is 0. The Morgan fingerprint density at radius 3 is 2.22 bits per heavy atom. The minimum Gasteiger partial charge on any atom is -0.493 e. The molecule has 1 aliphatic rings. The molecule has 3 rings (SSSR count). The van der Waals surface area contributed by atoms with Crippen LogP contribution in [0.15, 0.2) is 59.5 Å². The van der Waals surface area contributed by atoms with E-state index in [0.717, 1.165) is 11.3 Å². The van der Waals surface area contributed by atoms with Crippen molar-refractivity contribution in [3.8, 4) is 5.75 Å². The van der Waals surface area contributed by atoms with Crippen LogP contribution in [-0.4, -0.2) is 56.3 Å². The summed E-state index contributed by atoms with van der Waals surface area (Å²) in [5.74, 6) is 0.720. The maximum Gasteiger partial charge on any atom is 0.243 e. The van der Waals surface area contributed by atoms with Gasteiger partial charge in [-0.3, -0.25) is 4.79 Å². The minimum absolute atomic E-state index is 0.0154. The number of rotatable bonds is 6. The van der Waals surface area contributed by atoms with E-state index in [9.17, 15) is 13.2 Å². The van der Waals surface area contributed by atoms with Crippen molar-refractivity contribution in [1.29, 1.82) is 0 Å². The van der Waals surface area contributed by atoms with Crippen molar-refractivity contribution in [3.05, 3.63) is 60.2 Å². The van der Waals surface area contributed by atoms with Crippen molar-refractivity contribution >= 4 is 15.9 Å². The SMILES string of the molecule is Cc1ccc(S(=O)(=O)N2CCN(C(=O)CCOc3ccccc3)CC2)cc1. The minimum atomic E-state index is -3.51. The molecule has 2 aromatic rings. The summed E-state index contributed by atoms with van der Waals surface area (Å²) < 4.78 is 32.4. The molecule has 0 N–H and O–H groups in total. The summed E-state index contributed by atoms with van der Waals surface area (Å²) in [6, 6.07) is 16.2. The molecule has 1 amide bonds. The highest BCUT2D eigenvalue weighted by Crippen LogP contribution is 2.18. The van der Waals surface area contributed by atoms with E-state index in [1.54, 1.807) is 29.2 Å². The van der Waals surface area contributed by atoms with Gasteiger partial charge in [0.05, 0.1) is 17.9 Å². The van der Waals surface area contributed by atoms with Crippen LogP contribution in [-0.2, 0) is 14.8 Å². The summed E-state index contributed by atoms with van der Waals surface area (Å²) in [7, 11) is -3.51. The fourth-order valence-corrected chi connectivity index (χ4v) is 4.39. The molecule has 1 saturated heterocycles. The van der Waals surface area contributed by atoms with Gasteiger partial charge in [0, 0.05) is 26.2 Å². The van der Waals surface area contributed by atoms with Crippen molar-refractivity contribution in [2.75, 3.05) is 32.8 Å². The zero-order chi connectivity index (χ0) is 19.3. The summed E-state index contributed by atoms with van der Waals surface area (Å²) >= 11 is 0. The highest BCUT2D eigenvalue weighted by atomic mass is 32.2. The van der Waals surface area contributed by atoms with Crippen LogP contribution in [0.4, 0.5) is 0 Å². The number of nitrogens with zero attached hydrogens (tertiary/aromatic N) is 2. The van der Waals surface area contributed by atoms with Gasteiger partial charge >= 0.3 is 0 Å². The van der Waals surface area contributed by atoms with Crippen LogP contribution in [0.1, 0.15) is 12.0 Å². The molecule has 0 atom stereocenters. The number of para-hydroxylation sites is 1. The van der Waals surface area contributed by atoms with Gasteiger partial charge in [-0.25, -0.2) is 8.42 Å². The number of carbonyl (C=O) groups excluding carboxylic acids is 1. The number of aryl methyl sites for hydroxylation is 1. The largest absolute Gasteiger partial charge is 0.493 e. The van der Waals surface area contributed by atoms with Gasteiger partial charge in [0.15, 0.2) is 0 Å². The van der Waals surface area contributed by atoms with Crippen molar-refractivity contribution < 1.29 is 17.9 Å². The van der Waals surface area contributed by atoms with Crippen molar-refractivity contribution in [1.82, 2.24) is 9.21 Å². The van der Waals surface area contributed by atoms with E-state index in [1.165, 1.54) is 4.31 Å². The van der Waals surface area contributed by atoms with Crippen LogP contribution in [0.3, 0.4) is 0 Å². The van der Waals surface area contributed by atoms with E-state index in [-0.39, 0.29) is 12.3 Å². The van der Waals surface area contributed by atoms with Gasteiger partial charge in [-0.2, -0.15) is 4.31 Å². The standard InChI is InChI=1S/C20H24N2O4S/c1-17-7-9-19(10-8-17)27(24,25)22-14-12-21(13-15-22)20(23)11-16-26-18-5-3-2-4-6-18/h2-10H,11-16H2,1H3. The number of piperazine rings is 1. The molecule has 0 spiro atoms. The maximum absolute atomic E-state index is 12.7. The average molecular weight is 388 g/mol. The Hall–Kier alpha value is -2.38. The lowest BCUT2D eigenvalue weighted by Crippen LogP contribution is -2.50. The Morgan fingerprint density at radius 1 is 0.963 bits per heavy atom. The monoisotopic (exact) mass is 388 g/mol. The van der Waals surface area contributed by atoms with Crippen molar-refractivity contribution in [2.45, 2.75) is 18.2 Å². The van der Waals surface area contributed by atoms with Gasteiger partial charge in [0.1, 0.15) is 5.75 Å². The Labute approximate surface area is 160 Å². The highest BCUT2D eigenvalue weighted by molar-refractivity contribution is 7.89. The molecule has 6 nitrogen and oxygen atoms in total. The second kappa shape index (κ2) is 8.54. The Bertz CT molecular complexity index is 859. The normalized spacial score (nSPS) is 15.5. The molecule has 0 saturated carbocycles. The highest BCUT2D eigenvalue weighted by Gasteiger charge is 2.29. The van der Waals surface area contributed by atoms with Gasteiger partial charge in [-0.15, -0.1) is 0 Å². The molecule has 1 aliphatic heterocycles. The third kappa shape index (κ3) is 4.87. The van der Waals surface area contributed by atoms with Crippen LogP contribution in [0.2, 0.25) is 0 Å². The lowest BCUT2D eigenvalue weighted by Gasteiger charge is -2.34. The molecule has 27 heavy (non-hydrogen) atoms. The Kier molecular flexibility index (Phi) is 6.13. The first-order valence-corrected chi connectivity index (χ1v) is 10.4. The molecular weight excluding hydrogens is 364 g/mol. The van der Waals surface area contributed by atoms with Crippen molar-refractivity contribution in [2.24, 2.45) is 0 Å². The second-order valence-electron chi connectivity index (χ2n) is 6.51. The maximum atomic E-state index is 12.7. The van der Waals surface area contributed by atoms with E-state index in [2.05, 4.69) is 0 Å². The number of sulfonamides is 1. The van der Waals surface area contributed by atoms with Gasteiger partial charge in [0.2, 0.25) is 15.9 Å². The lowest BCUT2D eigenvalue weighted by molar-refractivity contribution is -0.132. The summed E-state index contributed by atoms with van der Waals surface area (Å²) in [5, 5.41) is 0. The van der Waals surface area contributed by atoms with Gasteiger partial charge in [0.25, 0.3) is 0 Å². The number of benzene rings is 2. The van der Waals surface area contributed by atoms with E-state index in [1.807, 2.05) is 37.3 Å². The smallest absolute Gasteiger partial charge is 0.243 e. The van der Waals surface area contributed by atoms with Crippen LogP contribution in [0, 0.1) is 6.92 Å². The van der Waals surface area contributed by atoms with Gasteiger partial charge < -0.3 is 9.64 Å². The lowest BCUT2D eigenvalue weighted by atomic mass is 10.2. The zero-order valence-corrected chi connectivity index (χ0v) is 16.2. The zero-order valence-electron chi connectivity index (χ0n) is 15.4. The molecule has 0 bridgehead atoms. The Balaban J connectivity index is 1.49. The summed E-state index contributed by atoms with van der Waals surface area (Å²) in [4.78, 5) is 14.3. The number of carbonyl (C=O) groups is 1.